The maximum atomic E-state index is 9.36. The van der Waals surface area contributed by atoms with E-state index in [2.05, 4.69) is 11.6 Å². The van der Waals surface area contributed by atoms with Crippen LogP contribution in [0.4, 0.5) is 4.79 Å². The lowest BCUT2D eigenvalue weighted by Gasteiger charge is -1.71. The number of hydrogen-bond acceptors (Lipinski definition) is 2. The second kappa shape index (κ2) is 2.28. The second-order valence-corrected chi connectivity index (χ2v) is 1.92. The fourth-order valence-electron chi connectivity index (χ4n) is 0. The SMILES string of the molecule is O=C(Cl)S(=O)O. The van der Waals surface area contributed by atoms with E-state index in [0.29, 0.717) is 0 Å². The topological polar surface area (TPSA) is 54.4 Å². The fraction of sp³-hybridized carbons (Fsp3) is 0. The fourth-order valence-corrected chi connectivity index (χ4v) is 0. The van der Waals surface area contributed by atoms with Crippen LogP contribution in [0.15, 0.2) is 0 Å². The summed E-state index contributed by atoms with van der Waals surface area (Å²) in [6.07, 6.45) is 0. The van der Waals surface area contributed by atoms with Crippen molar-refractivity contribution < 1.29 is 13.6 Å². The summed E-state index contributed by atoms with van der Waals surface area (Å²) < 4.78 is 15.7. The Bertz CT molecular complexity index is 76.8. The van der Waals surface area contributed by atoms with E-state index in [1.807, 2.05) is 0 Å². The first-order valence-corrected chi connectivity index (χ1v) is 2.43. The summed E-state index contributed by atoms with van der Waals surface area (Å²) >= 11 is 1.93. The highest BCUT2D eigenvalue weighted by molar-refractivity contribution is 7.98. The molecule has 0 spiro atoms. The standard InChI is InChI=1S/CHClO3S/c2-1(3)6(4)5/h(H,4,5). The quantitative estimate of drug-likeness (QED) is 0.383. The predicted molar refractivity (Wildman–Crippen MR) is 22.0 cm³/mol. The third kappa shape index (κ3) is 2.32. The van der Waals surface area contributed by atoms with Gasteiger partial charge in [0.25, 0.3) is 0 Å². The molecular formula is CHClO3S. The molecule has 0 saturated carbocycles. The molecule has 0 amide bonds. The average Bonchev–Trinajstić information content (AvgIpc) is 1.36. The number of carbonyl (C=O) groups is 1. The van der Waals surface area contributed by atoms with Gasteiger partial charge in [0.15, 0.2) is 0 Å². The van der Waals surface area contributed by atoms with Gasteiger partial charge in [-0.1, -0.05) is 0 Å². The molecule has 1 unspecified atom stereocenters. The Morgan fingerprint density at radius 2 is 2.00 bits per heavy atom. The number of halogens is 1. The van der Waals surface area contributed by atoms with Gasteiger partial charge in [-0.05, 0) is 11.6 Å². The van der Waals surface area contributed by atoms with Gasteiger partial charge in [-0.15, -0.1) is 0 Å². The van der Waals surface area contributed by atoms with Gasteiger partial charge in [0.1, 0.15) is 0 Å². The maximum absolute atomic E-state index is 9.36. The van der Waals surface area contributed by atoms with Crippen molar-refractivity contribution in [2.24, 2.45) is 0 Å². The van der Waals surface area contributed by atoms with Crippen LogP contribution in [-0.4, -0.2) is 13.3 Å². The van der Waals surface area contributed by atoms with Gasteiger partial charge in [0, 0.05) is 0 Å². The van der Waals surface area contributed by atoms with Gasteiger partial charge >= 0.3 is 4.57 Å². The van der Waals surface area contributed by atoms with E-state index in [9.17, 15) is 9.00 Å². The van der Waals surface area contributed by atoms with E-state index in [1.54, 1.807) is 0 Å². The largest absolute Gasteiger partial charge is 0.336 e. The molecule has 0 aliphatic rings. The Morgan fingerprint density at radius 1 is 1.83 bits per heavy atom. The summed E-state index contributed by atoms with van der Waals surface area (Å²) in [5.41, 5.74) is 0. The average molecular weight is 129 g/mol. The summed E-state index contributed by atoms with van der Waals surface area (Å²) in [4.78, 5) is 9.36. The van der Waals surface area contributed by atoms with Crippen molar-refractivity contribution in [3.8, 4) is 0 Å². The minimum Gasteiger partial charge on any atom is -0.299 e. The molecule has 0 fully saturated rings. The van der Waals surface area contributed by atoms with Crippen molar-refractivity contribution >= 4 is 27.3 Å². The Labute approximate surface area is 41.6 Å². The molecule has 0 aliphatic heterocycles. The van der Waals surface area contributed by atoms with Crippen molar-refractivity contribution in [3.05, 3.63) is 0 Å². The molecule has 6 heavy (non-hydrogen) atoms. The van der Waals surface area contributed by atoms with Crippen molar-refractivity contribution in [1.29, 1.82) is 0 Å². The van der Waals surface area contributed by atoms with Crippen LogP contribution in [0.5, 0.6) is 0 Å². The first kappa shape index (κ1) is 6.07. The lowest BCUT2D eigenvalue weighted by molar-refractivity contribution is 0.273. The van der Waals surface area contributed by atoms with Crippen LogP contribution in [0.3, 0.4) is 0 Å². The van der Waals surface area contributed by atoms with E-state index >= 15 is 0 Å². The zero-order valence-corrected chi connectivity index (χ0v) is 4.12. The third-order valence-electron chi connectivity index (χ3n) is 0.137. The van der Waals surface area contributed by atoms with Crippen molar-refractivity contribution in [2.45, 2.75) is 0 Å². The second-order valence-electron chi connectivity index (χ2n) is 0.487. The minimum absolute atomic E-state index is 1.24. The van der Waals surface area contributed by atoms with Crippen LogP contribution in [0.25, 0.3) is 0 Å². The van der Waals surface area contributed by atoms with Gasteiger partial charge in [0.2, 0.25) is 11.1 Å². The first-order valence-electron chi connectivity index (χ1n) is 0.946. The Hall–Kier alpha value is 0.0700. The van der Waals surface area contributed by atoms with Crippen LogP contribution < -0.4 is 0 Å². The smallest absolute Gasteiger partial charge is 0.299 e. The van der Waals surface area contributed by atoms with Crippen LogP contribution in [-0.2, 0) is 11.1 Å². The maximum Gasteiger partial charge on any atom is 0.336 e. The van der Waals surface area contributed by atoms with Crippen molar-refractivity contribution in [2.75, 3.05) is 0 Å². The van der Waals surface area contributed by atoms with Gasteiger partial charge < -0.3 is 0 Å². The van der Waals surface area contributed by atoms with E-state index in [0.717, 1.165) is 0 Å². The van der Waals surface area contributed by atoms with E-state index in [-0.39, 0.29) is 0 Å². The molecule has 0 radical (unpaired) electrons. The summed E-state index contributed by atoms with van der Waals surface area (Å²) in [5.74, 6) is 0. The molecule has 36 valence electrons. The summed E-state index contributed by atoms with van der Waals surface area (Å²) in [5, 5.41) is 0. The summed E-state index contributed by atoms with van der Waals surface area (Å²) in [7, 11) is 0. The van der Waals surface area contributed by atoms with Gasteiger partial charge in [-0.25, -0.2) is 4.21 Å². The predicted octanol–water partition coefficient (Wildman–Crippen LogP) is 0.567. The van der Waals surface area contributed by atoms with E-state index in [4.69, 9.17) is 4.55 Å². The highest BCUT2D eigenvalue weighted by Gasteiger charge is 1.99. The van der Waals surface area contributed by atoms with E-state index in [1.165, 1.54) is 0 Å². The highest BCUT2D eigenvalue weighted by Crippen LogP contribution is 1.84. The lowest BCUT2D eigenvalue weighted by atomic mass is 11.8. The molecule has 0 bridgehead atoms. The van der Waals surface area contributed by atoms with Gasteiger partial charge in [0.05, 0.1) is 0 Å². The minimum atomic E-state index is -2.49. The summed E-state index contributed by atoms with van der Waals surface area (Å²) in [6, 6.07) is 0. The normalized spacial score (nSPS) is 13.7. The third-order valence-corrected chi connectivity index (χ3v) is 0.808. The summed E-state index contributed by atoms with van der Waals surface area (Å²) in [6.45, 7) is 0. The molecule has 0 aromatic carbocycles. The molecule has 5 heteroatoms. The lowest BCUT2D eigenvalue weighted by Crippen LogP contribution is -1.91. The molecule has 0 aliphatic carbocycles. The van der Waals surface area contributed by atoms with Gasteiger partial charge in [-0.2, -0.15) is 0 Å². The number of carbonyl (C=O) groups excluding carboxylic acids is 1. The molecule has 0 heterocycles. The Balaban J connectivity index is 3.57. The van der Waals surface area contributed by atoms with Gasteiger partial charge in [-0.3, -0.25) is 9.35 Å². The molecule has 1 N–H and O–H groups in total. The number of rotatable bonds is 0. The number of hydrogen-bond donors (Lipinski definition) is 1. The van der Waals surface area contributed by atoms with E-state index < -0.39 is 15.7 Å². The molecular weight excluding hydrogens is 128 g/mol. The molecule has 0 rings (SSSR count). The van der Waals surface area contributed by atoms with Crippen LogP contribution in [0.2, 0.25) is 0 Å². The monoisotopic (exact) mass is 128 g/mol. The van der Waals surface area contributed by atoms with Crippen molar-refractivity contribution in [1.82, 2.24) is 0 Å². The zero-order valence-electron chi connectivity index (χ0n) is 2.55. The first-order chi connectivity index (χ1) is 2.64. The highest BCUT2D eigenvalue weighted by atomic mass is 35.5. The zero-order chi connectivity index (χ0) is 5.15. The molecule has 3 nitrogen and oxygen atoms in total. The van der Waals surface area contributed by atoms with Crippen LogP contribution >= 0.6 is 11.6 Å². The molecule has 1 atom stereocenters. The Morgan fingerprint density at radius 3 is 2.00 bits per heavy atom. The molecule has 0 saturated heterocycles. The Kier molecular flexibility index (Phi) is 2.31. The van der Waals surface area contributed by atoms with Crippen LogP contribution in [0.1, 0.15) is 0 Å². The van der Waals surface area contributed by atoms with Crippen molar-refractivity contribution in [3.63, 3.8) is 0 Å². The van der Waals surface area contributed by atoms with Crippen LogP contribution in [0, 0.1) is 0 Å². The molecule has 0 aromatic heterocycles. The molecule has 0 aromatic rings.